The molecule has 6 aromatic rings. The van der Waals surface area contributed by atoms with Crippen LogP contribution in [0.25, 0.3) is 44.6 Å². The van der Waals surface area contributed by atoms with Gasteiger partial charge in [-0.2, -0.15) is 46.5 Å². The van der Waals surface area contributed by atoms with Gasteiger partial charge >= 0.3 is 12.4 Å². The Morgan fingerprint density at radius 1 is 0.711 bits per heavy atom. The molecule has 2 aromatic carbocycles. The molecule has 12 nitrogen and oxygen atoms in total. The van der Waals surface area contributed by atoms with Crippen LogP contribution in [-0.4, -0.2) is 51.7 Å². The minimum atomic E-state index is -4.66. The second-order valence-corrected chi connectivity index (χ2v) is 9.52. The third kappa shape index (κ3) is 5.93. The predicted molar refractivity (Wildman–Crippen MR) is 151 cm³/mol. The molecule has 0 aliphatic heterocycles. The molecule has 5 N–H and O–H groups in total. The number of phenolic OH excluding ortho intramolecular Hbond substituents is 1. The van der Waals surface area contributed by atoms with E-state index in [0.717, 1.165) is 18.2 Å². The average Bonchev–Trinajstić information content (AvgIpc) is 3.48. The van der Waals surface area contributed by atoms with Crippen molar-refractivity contribution >= 4 is 34.0 Å². The molecule has 45 heavy (non-hydrogen) atoms. The number of aryl methyl sites for hydroxylation is 2. The molecule has 0 fully saturated rings. The van der Waals surface area contributed by atoms with E-state index in [9.17, 15) is 31.4 Å². The highest BCUT2D eigenvalue weighted by molar-refractivity contribution is 5.92. The summed E-state index contributed by atoms with van der Waals surface area (Å²) in [4.78, 5) is 15.8. The van der Waals surface area contributed by atoms with Gasteiger partial charge in [-0.1, -0.05) is 0 Å². The monoisotopic (exact) mass is 632 g/mol. The zero-order chi connectivity index (χ0) is 32.8. The van der Waals surface area contributed by atoms with Gasteiger partial charge in [0, 0.05) is 37.6 Å². The Bertz CT molecular complexity index is 2050. The average molecular weight is 633 g/mol. The van der Waals surface area contributed by atoms with Crippen molar-refractivity contribution in [2.45, 2.75) is 12.4 Å². The van der Waals surface area contributed by atoms with Gasteiger partial charge in [0.2, 0.25) is 11.9 Å². The van der Waals surface area contributed by atoms with Crippen molar-refractivity contribution in [2.24, 2.45) is 14.1 Å². The largest absolute Gasteiger partial charge is 0.507 e. The minimum absolute atomic E-state index is 0.0451. The quantitative estimate of drug-likeness (QED) is 0.226. The van der Waals surface area contributed by atoms with Gasteiger partial charge in [-0.25, -0.2) is 19.3 Å². The molecule has 4 aromatic heterocycles. The Morgan fingerprint density at radius 2 is 1.16 bits per heavy atom. The Morgan fingerprint density at radius 3 is 1.60 bits per heavy atom. The Kier molecular flexibility index (Phi) is 7.59. The molecule has 4 heterocycles. The van der Waals surface area contributed by atoms with Crippen molar-refractivity contribution < 1.29 is 36.2 Å². The van der Waals surface area contributed by atoms with Crippen molar-refractivity contribution in [1.82, 2.24) is 39.5 Å². The van der Waals surface area contributed by atoms with Crippen LogP contribution >= 0.6 is 0 Å². The summed E-state index contributed by atoms with van der Waals surface area (Å²) in [5.74, 6) is -0.972. The van der Waals surface area contributed by atoms with E-state index in [2.05, 4.69) is 30.1 Å². The first kappa shape index (κ1) is 30.8. The number of fused-ring (bicyclic) bond motifs is 2. The van der Waals surface area contributed by atoms with Gasteiger partial charge < -0.3 is 21.3 Å². The summed E-state index contributed by atoms with van der Waals surface area (Å²) >= 11 is 0. The third-order valence-corrected chi connectivity index (χ3v) is 6.55. The Balaban J connectivity index is 0.000000178. The lowest BCUT2D eigenvalue weighted by atomic mass is 10.1. The zero-order valence-corrected chi connectivity index (χ0v) is 23.5. The maximum Gasteiger partial charge on any atom is 0.419 e. The smallest absolute Gasteiger partial charge is 0.419 e. The number of benzene rings is 2. The molecule has 234 valence electrons. The molecule has 0 spiro atoms. The molecule has 0 saturated carbocycles. The van der Waals surface area contributed by atoms with E-state index in [4.69, 9.17) is 16.2 Å². The number of aromatic hydroxyl groups is 1. The highest BCUT2D eigenvalue weighted by Crippen LogP contribution is 2.40. The standard InChI is InChI=1S/C14H12F3N5O.C13H10F3N5O/c1-22-12-8(6-19-13(18)20-12)11(21-22)7-3-4-10(23-2)9(5-7)14(15,16)17;1-21-11-7(5-18-12(17)19-11)10(20-21)6-2-3-9(22)8(4-6)13(14,15)16/h3-6H,1-2H3,(H2,18,19,20);2-5,22H,1H3,(H2,17,18,19). The summed E-state index contributed by atoms with van der Waals surface area (Å²) in [6.07, 6.45) is -6.35. The number of methoxy groups -OCH3 is 1. The summed E-state index contributed by atoms with van der Waals surface area (Å²) in [6.45, 7) is 0. The molecule has 0 bridgehead atoms. The van der Waals surface area contributed by atoms with Crippen molar-refractivity contribution in [3.63, 3.8) is 0 Å². The first-order chi connectivity index (χ1) is 21.1. The van der Waals surface area contributed by atoms with Gasteiger partial charge in [-0.3, -0.25) is 0 Å². The van der Waals surface area contributed by atoms with E-state index in [1.807, 2.05) is 0 Å². The number of hydrogen-bond donors (Lipinski definition) is 3. The van der Waals surface area contributed by atoms with Crippen molar-refractivity contribution in [2.75, 3.05) is 18.6 Å². The van der Waals surface area contributed by atoms with Crippen LogP contribution in [0.1, 0.15) is 11.1 Å². The van der Waals surface area contributed by atoms with E-state index in [1.165, 1.54) is 47.1 Å². The van der Waals surface area contributed by atoms with E-state index in [0.29, 0.717) is 27.8 Å². The van der Waals surface area contributed by atoms with Crippen molar-refractivity contribution in [1.29, 1.82) is 0 Å². The predicted octanol–water partition coefficient (Wildman–Crippen LogP) is 4.98. The van der Waals surface area contributed by atoms with Crippen LogP contribution in [0.4, 0.5) is 38.2 Å². The maximum atomic E-state index is 13.2. The molecular formula is C27H22F6N10O2. The van der Waals surface area contributed by atoms with Crippen LogP contribution in [0.2, 0.25) is 0 Å². The van der Waals surface area contributed by atoms with Gasteiger partial charge in [0.25, 0.3) is 0 Å². The maximum absolute atomic E-state index is 13.2. The number of nitrogen functional groups attached to an aromatic ring is 2. The first-order valence-corrected chi connectivity index (χ1v) is 12.6. The molecule has 0 amide bonds. The third-order valence-electron chi connectivity index (χ3n) is 6.55. The van der Waals surface area contributed by atoms with Crippen molar-refractivity contribution in [3.8, 4) is 34.0 Å². The lowest BCUT2D eigenvalue weighted by Gasteiger charge is -2.12. The summed E-state index contributed by atoms with van der Waals surface area (Å²) < 4.78 is 85.8. The number of rotatable bonds is 3. The molecule has 0 radical (unpaired) electrons. The highest BCUT2D eigenvalue weighted by atomic mass is 19.4. The second-order valence-electron chi connectivity index (χ2n) is 9.52. The van der Waals surface area contributed by atoms with E-state index < -0.39 is 29.2 Å². The summed E-state index contributed by atoms with van der Waals surface area (Å²) in [5, 5.41) is 18.8. The fourth-order valence-electron chi connectivity index (χ4n) is 4.52. The molecule has 6 rings (SSSR count). The van der Waals surface area contributed by atoms with Crippen LogP contribution < -0.4 is 16.2 Å². The van der Waals surface area contributed by atoms with E-state index in [-0.39, 0.29) is 34.5 Å². The van der Waals surface area contributed by atoms with Crippen molar-refractivity contribution in [3.05, 3.63) is 59.9 Å². The molecule has 0 unspecified atom stereocenters. The number of nitrogens with two attached hydrogens (primary N) is 2. The van der Waals surface area contributed by atoms with Crippen LogP contribution in [0.5, 0.6) is 11.5 Å². The van der Waals surface area contributed by atoms with Crippen LogP contribution in [0.15, 0.2) is 48.8 Å². The molecule has 0 saturated heterocycles. The van der Waals surface area contributed by atoms with Gasteiger partial charge in [0.1, 0.15) is 22.9 Å². The fraction of sp³-hybridized carbons (Fsp3) is 0.185. The lowest BCUT2D eigenvalue weighted by Crippen LogP contribution is -2.07. The molecule has 18 heteroatoms. The molecular weight excluding hydrogens is 610 g/mol. The van der Waals surface area contributed by atoms with Crippen LogP contribution in [0, 0.1) is 0 Å². The highest BCUT2D eigenvalue weighted by Gasteiger charge is 2.35. The summed E-state index contributed by atoms with van der Waals surface area (Å²) in [5.41, 5.74) is 11.0. The van der Waals surface area contributed by atoms with Gasteiger partial charge in [-0.05, 0) is 36.4 Å². The number of phenols is 1. The van der Waals surface area contributed by atoms with E-state index in [1.54, 1.807) is 14.1 Å². The van der Waals surface area contributed by atoms with Gasteiger partial charge in [0.05, 0.1) is 29.0 Å². The number of anilines is 2. The van der Waals surface area contributed by atoms with Crippen LogP contribution in [-0.2, 0) is 26.4 Å². The normalized spacial score (nSPS) is 11.9. The summed E-state index contributed by atoms with van der Waals surface area (Å²) in [7, 11) is 4.42. The molecule has 0 aliphatic carbocycles. The van der Waals surface area contributed by atoms with Gasteiger partial charge in [-0.15, -0.1) is 0 Å². The Labute approximate surface area is 248 Å². The number of aromatic nitrogens is 8. The zero-order valence-electron chi connectivity index (χ0n) is 23.5. The number of hydrogen-bond acceptors (Lipinski definition) is 10. The summed E-state index contributed by atoms with van der Waals surface area (Å²) in [6, 6.07) is 6.94. The number of nitrogens with zero attached hydrogens (tertiary/aromatic N) is 8. The first-order valence-electron chi connectivity index (χ1n) is 12.6. The second kappa shape index (κ2) is 11.1. The topological polar surface area (TPSA) is 169 Å². The lowest BCUT2D eigenvalue weighted by molar-refractivity contribution is -0.139. The number of ether oxygens (including phenoxy) is 1. The van der Waals surface area contributed by atoms with Crippen LogP contribution in [0.3, 0.4) is 0 Å². The molecule has 0 aliphatic rings. The van der Waals surface area contributed by atoms with E-state index >= 15 is 0 Å². The fourth-order valence-corrected chi connectivity index (χ4v) is 4.52. The molecule has 0 atom stereocenters. The SMILES string of the molecule is COc1ccc(-c2nn(C)c3nc(N)ncc23)cc1C(F)(F)F.Cn1nc(-c2ccc(O)c(C(F)(F)F)c2)c2cnc(N)nc21. The van der Waals surface area contributed by atoms with Gasteiger partial charge in [0.15, 0.2) is 11.3 Å². The number of alkyl halides is 6. The minimum Gasteiger partial charge on any atom is -0.507 e. The Hall–Kier alpha value is -5.68. The number of halogens is 6.